The summed E-state index contributed by atoms with van der Waals surface area (Å²) in [6, 6.07) is 3.70. The first-order chi connectivity index (χ1) is 5.33. The van der Waals surface area contributed by atoms with Crippen molar-refractivity contribution in [3.05, 3.63) is 18.3 Å². The molecule has 0 aliphatic heterocycles. The summed E-state index contributed by atoms with van der Waals surface area (Å²) in [5.74, 6) is 0.622. The summed E-state index contributed by atoms with van der Waals surface area (Å²) in [4.78, 5) is 4.07. The van der Waals surface area contributed by atoms with Gasteiger partial charge in [0.1, 0.15) is 0 Å². The maximum Gasteiger partial charge on any atom is 0.0983 e. The van der Waals surface area contributed by atoms with E-state index in [4.69, 9.17) is 10.5 Å². The number of nitrogens with zero attached hydrogens (tertiary/aromatic N) is 1. The second-order valence-corrected chi connectivity index (χ2v) is 2.92. The van der Waals surface area contributed by atoms with Crippen molar-refractivity contribution in [2.75, 3.05) is 18.8 Å². The average molecular weight is 170 g/mol. The van der Waals surface area contributed by atoms with Gasteiger partial charge in [-0.3, -0.25) is 0 Å². The molecule has 11 heavy (non-hydrogen) atoms. The first kappa shape index (κ1) is 8.36. The van der Waals surface area contributed by atoms with E-state index in [0.717, 1.165) is 5.03 Å². The largest absolute Gasteiger partial charge is 0.397 e. The van der Waals surface area contributed by atoms with E-state index in [0.29, 0.717) is 11.6 Å². The Morgan fingerprint density at radius 2 is 2.45 bits per heavy atom. The third-order valence-corrected chi connectivity index (χ3v) is 1.97. The van der Waals surface area contributed by atoms with Gasteiger partial charge in [-0.2, -0.15) is 0 Å². The monoisotopic (exact) mass is 170 g/mol. The van der Waals surface area contributed by atoms with Gasteiger partial charge in [-0.15, -0.1) is 0 Å². The van der Waals surface area contributed by atoms with Crippen LogP contribution in [0, 0.1) is 0 Å². The van der Waals surface area contributed by atoms with Crippen molar-refractivity contribution in [1.29, 1.82) is 0 Å². The molecule has 0 saturated carbocycles. The molecule has 0 aliphatic rings. The molecule has 0 fully saturated rings. The molecule has 1 rings (SSSR count). The van der Waals surface area contributed by atoms with Gasteiger partial charge in [0, 0.05) is 7.11 Å². The SMILES string of the molecule is COCSc1ccc(N)cn1. The van der Waals surface area contributed by atoms with Crippen LogP contribution < -0.4 is 5.73 Å². The van der Waals surface area contributed by atoms with E-state index in [9.17, 15) is 0 Å². The fraction of sp³-hybridized carbons (Fsp3) is 0.286. The van der Waals surface area contributed by atoms with Crippen LogP contribution >= 0.6 is 11.8 Å². The minimum Gasteiger partial charge on any atom is -0.397 e. The standard InChI is InChI=1S/C7H10N2OS/c1-10-5-11-7-3-2-6(8)4-9-7/h2-4H,5,8H2,1H3. The molecule has 1 aromatic rings. The molecule has 1 aromatic heterocycles. The Hall–Kier alpha value is -0.740. The molecule has 1 heterocycles. The van der Waals surface area contributed by atoms with E-state index < -0.39 is 0 Å². The van der Waals surface area contributed by atoms with Gasteiger partial charge >= 0.3 is 0 Å². The Labute approximate surface area is 70.0 Å². The number of ether oxygens (including phenoxy) is 1. The van der Waals surface area contributed by atoms with E-state index in [-0.39, 0.29) is 0 Å². The van der Waals surface area contributed by atoms with Gasteiger partial charge in [0.25, 0.3) is 0 Å². The van der Waals surface area contributed by atoms with Crippen LogP contribution in [0.4, 0.5) is 5.69 Å². The quantitative estimate of drug-likeness (QED) is 0.549. The molecule has 0 aromatic carbocycles. The number of pyridine rings is 1. The van der Waals surface area contributed by atoms with Crippen LogP contribution in [-0.4, -0.2) is 18.0 Å². The van der Waals surface area contributed by atoms with E-state index in [1.165, 1.54) is 0 Å². The Bertz CT molecular complexity index is 212. The van der Waals surface area contributed by atoms with Gasteiger partial charge in [0.15, 0.2) is 0 Å². The van der Waals surface area contributed by atoms with Crippen LogP contribution in [0.5, 0.6) is 0 Å². The van der Waals surface area contributed by atoms with Crippen LogP contribution in [0.2, 0.25) is 0 Å². The van der Waals surface area contributed by atoms with Crippen molar-refractivity contribution in [2.24, 2.45) is 0 Å². The predicted molar refractivity (Wildman–Crippen MR) is 46.4 cm³/mol. The minimum atomic E-state index is 0.622. The zero-order chi connectivity index (χ0) is 8.10. The molecule has 0 spiro atoms. The normalized spacial score (nSPS) is 9.91. The van der Waals surface area contributed by atoms with Crippen molar-refractivity contribution in [1.82, 2.24) is 4.98 Å². The molecule has 0 unspecified atom stereocenters. The Morgan fingerprint density at radius 1 is 1.64 bits per heavy atom. The van der Waals surface area contributed by atoms with Crippen molar-refractivity contribution >= 4 is 17.4 Å². The Kier molecular flexibility index (Phi) is 3.19. The highest BCUT2D eigenvalue weighted by Crippen LogP contribution is 2.14. The highest BCUT2D eigenvalue weighted by atomic mass is 32.2. The third kappa shape index (κ3) is 2.78. The van der Waals surface area contributed by atoms with Crippen molar-refractivity contribution in [3.8, 4) is 0 Å². The number of hydrogen-bond donors (Lipinski definition) is 1. The van der Waals surface area contributed by atoms with Crippen molar-refractivity contribution in [2.45, 2.75) is 5.03 Å². The summed E-state index contributed by atoms with van der Waals surface area (Å²) in [7, 11) is 1.66. The average Bonchev–Trinajstić information content (AvgIpc) is 2.04. The summed E-state index contributed by atoms with van der Waals surface area (Å²) in [6.07, 6.45) is 1.64. The number of nitrogens with two attached hydrogens (primary N) is 1. The van der Waals surface area contributed by atoms with Gasteiger partial charge in [0.05, 0.1) is 22.8 Å². The Morgan fingerprint density at radius 3 is 3.00 bits per heavy atom. The van der Waals surface area contributed by atoms with Crippen LogP contribution in [-0.2, 0) is 4.74 Å². The highest BCUT2D eigenvalue weighted by molar-refractivity contribution is 7.99. The second kappa shape index (κ2) is 4.20. The van der Waals surface area contributed by atoms with E-state index in [2.05, 4.69) is 4.98 Å². The van der Waals surface area contributed by atoms with E-state index in [1.807, 2.05) is 12.1 Å². The second-order valence-electron chi connectivity index (χ2n) is 1.98. The van der Waals surface area contributed by atoms with Crippen molar-refractivity contribution in [3.63, 3.8) is 0 Å². The third-order valence-electron chi connectivity index (χ3n) is 1.08. The summed E-state index contributed by atoms with van der Waals surface area (Å²) < 4.78 is 4.87. The van der Waals surface area contributed by atoms with Crippen LogP contribution in [0.15, 0.2) is 23.4 Å². The lowest BCUT2D eigenvalue weighted by Crippen LogP contribution is -1.88. The number of rotatable bonds is 3. The van der Waals surface area contributed by atoms with Crippen molar-refractivity contribution < 1.29 is 4.74 Å². The molecule has 0 radical (unpaired) electrons. The lowest BCUT2D eigenvalue weighted by molar-refractivity contribution is 0.258. The summed E-state index contributed by atoms with van der Waals surface area (Å²) in [6.45, 7) is 0. The summed E-state index contributed by atoms with van der Waals surface area (Å²) in [5.41, 5.74) is 6.14. The smallest absolute Gasteiger partial charge is 0.0983 e. The molecule has 0 bridgehead atoms. The molecule has 0 saturated heterocycles. The highest BCUT2D eigenvalue weighted by Gasteiger charge is 1.92. The molecule has 0 atom stereocenters. The van der Waals surface area contributed by atoms with Gasteiger partial charge in [0.2, 0.25) is 0 Å². The lowest BCUT2D eigenvalue weighted by atomic mass is 10.4. The van der Waals surface area contributed by atoms with Crippen LogP contribution in [0.3, 0.4) is 0 Å². The number of hydrogen-bond acceptors (Lipinski definition) is 4. The fourth-order valence-electron chi connectivity index (χ4n) is 0.596. The van der Waals surface area contributed by atoms with E-state index >= 15 is 0 Å². The lowest BCUT2D eigenvalue weighted by Gasteiger charge is -1.98. The molecule has 0 amide bonds. The number of nitrogen functional groups attached to an aromatic ring is 1. The molecular formula is C7H10N2OS. The van der Waals surface area contributed by atoms with Gasteiger partial charge in [-0.1, -0.05) is 11.8 Å². The summed E-state index contributed by atoms with van der Waals surface area (Å²) in [5, 5.41) is 0.932. The van der Waals surface area contributed by atoms with Gasteiger partial charge < -0.3 is 10.5 Å². The molecule has 60 valence electrons. The van der Waals surface area contributed by atoms with Crippen LogP contribution in [0.1, 0.15) is 0 Å². The molecule has 3 nitrogen and oxygen atoms in total. The number of methoxy groups -OCH3 is 1. The molecule has 4 heteroatoms. The van der Waals surface area contributed by atoms with Crippen LogP contribution in [0.25, 0.3) is 0 Å². The first-order valence-electron chi connectivity index (χ1n) is 3.16. The maximum absolute atomic E-state index is 5.45. The van der Waals surface area contributed by atoms with E-state index in [1.54, 1.807) is 25.1 Å². The zero-order valence-corrected chi connectivity index (χ0v) is 7.10. The van der Waals surface area contributed by atoms with Gasteiger partial charge in [-0.25, -0.2) is 4.98 Å². The molecular weight excluding hydrogens is 160 g/mol. The number of thioether (sulfide) groups is 1. The zero-order valence-electron chi connectivity index (χ0n) is 6.28. The molecule has 2 N–H and O–H groups in total. The summed E-state index contributed by atoms with van der Waals surface area (Å²) >= 11 is 1.54. The molecule has 0 aliphatic carbocycles. The number of anilines is 1. The minimum absolute atomic E-state index is 0.622. The topological polar surface area (TPSA) is 48.1 Å². The Balaban J connectivity index is 2.52. The fourth-order valence-corrected chi connectivity index (χ4v) is 1.13. The maximum atomic E-state index is 5.45. The van der Waals surface area contributed by atoms with Gasteiger partial charge in [-0.05, 0) is 12.1 Å². The number of aromatic nitrogens is 1. The first-order valence-corrected chi connectivity index (χ1v) is 4.15. The predicted octanol–water partition coefficient (Wildman–Crippen LogP) is 1.36.